The molecule has 0 bridgehead atoms. The van der Waals surface area contributed by atoms with E-state index < -0.39 is 0 Å². The number of thioether (sulfide) groups is 1. The zero-order chi connectivity index (χ0) is 15.4. The van der Waals surface area contributed by atoms with E-state index in [1.165, 1.54) is 11.8 Å². The van der Waals surface area contributed by atoms with E-state index in [1.807, 2.05) is 17.0 Å². The number of rotatable bonds is 5. The fraction of sp³-hybridized carbons (Fsp3) is 0.500. The zero-order valence-corrected chi connectivity index (χ0v) is 13.1. The van der Waals surface area contributed by atoms with Crippen LogP contribution in [-0.2, 0) is 9.53 Å². The van der Waals surface area contributed by atoms with Crippen LogP contribution in [0.1, 0.15) is 13.3 Å². The lowest BCUT2D eigenvalue weighted by atomic mass is 10.2. The van der Waals surface area contributed by atoms with Gasteiger partial charge in [-0.1, -0.05) is 18.7 Å². The van der Waals surface area contributed by atoms with E-state index in [-0.39, 0.29) is 12.0 Å². The van der Waals surface area contributed by atoms with Crippen LogP contribution in [0, 0.1) is 0 Å². The average molecular weight is 322 g/mol. The van der Waals surface area contributed by atoms with Crippen LogP contribution in [0.25, 0.3) is 11.6 Å². The first-order chi connectivity index (χ1) is 10.8. The summed E-state index contributed by atoms with van der Waals surface area (Å²) in [6, 6.07) is 3.71. The number of H-pyrrole nitrogens is 1. The van der Waals surface area contributed by atoms with Crippen molar-refractivity contribution in [1.29, 1.82) is 0 Å². The number of carbonyl (C=O) groups is 1. The van der Waals surface area contributed by atoms with Crippen molar-refractivity contribution in [2.75, 3.05) is 25.4 Å². The van der Waals surface area contributed by atoms with Crippen LogP contribution in [0.15, 0.2) is 28.0 Å². The molecule has 2 aromatic rings. The molecule has 3 heterocycles. The second-order valence-electron chi connectivity index (χ2n) is 4.99. The highest BCUT2D eigenvalue weighted by Gasteiger charge is 2.23. The summed E-state index contributed by atoms with van der Waals surface area (Å²) in [5.41, 5.74) is 0.768. The highest BCUT2D eigenvalue weighted by Crippen LogP contribution is 2.22. The molecule has 8 heteroatoms. The van der Waals surface area contributed by atoms with Crippen molar-refractivity contribution in [2.45, 2.75) is 24.7 Å². The lowest BCUT2D eigenvalue weighted by Crippen LogP contribution is -2.46. The summed E-state index contributed by atoms with van der Waals surface area (Å²) in [7, 11) is 0. The summed E-state index contributed by atoms with van der Waals surface area (Å²) in [6.07, 6.45) is 2.85. The molecule has 118 valence electrons. The van der Waals surface area contributed by atoms with Crippen LogP contribution in [0.2, 0.25) is 0 Å². The van der Waals surface area contributed by atoms with E-state index in [4.69, 9.17) is 9.15 Å². The third-order valence-electron chi connectivity index (χ3n) is 3.50. The van der Waals surface area contributed by atoms with Crippen LogP contribution >= 0.6 is 11.8 Å². The molecule has 0 saturated carbocycles. The Hall–Kier alpha value is -1.80. The van der Waals surface area contributed by atoms with E-state index >= 15 is 0 Å². The Bertz CT molecular complexity index is 613. The number of aromatic amines is 1. The first-order valence-corrected chi connectivity index (χ1v) is 8.24. The summed E-state index contributed by atoms with van der Waals surface area (Å²) >= 11 is 1.26. The SMILES string of the molecule is CC[C@H]1CN(C(=O)CSc2nnc(-c3ccc[nH]3)o2)CCO1. The zero-order valence-electron chi connectivity index (χ0n) is 12.3. The topological polar surface area (TPSA) is 84.3 Å². The predicted molar refractivity (Wildman–Crippen MR) is 81.4 cm³/mol. The molecule has 1 aliphatic heterocycles. The standard InChI is InChI=1S/C14H18N4O3S/c1-2-10-8-18(6-7-20-10)12(19)9-22-14-17-16-13(21-14)11-4-3-5-15-11/h3-5,10,15H,2,6-9H2,1H3/t10-/m0/s1. The molecule has 1 amide bonds. The lowest BCUT2D eigenvalue weighted by Gasteiger charge is -2.32. The minimum atomic E-state index is 0.0753. The van der Waals surface area contributed by atoms with Crippen molar-refractivity contribution in [1.82, 2.24) is 20.1 Å². The summed E-state index contributed by atoms with van der Waals surface area (Å²) in [5, 5.41) is 8.31. The molecule has 0 radical (unpaired) electrons. The quantitative estimate of drug-likeness (QED) is 0.845. The van der Waals surface area contributed by atoms with Gasteiger partial charge in [-0.05, 0) is 18.6 Å². The molecular weight excluding hydrogens is 304 g/mol. The largest absolute Gasteiger partial charge is 0.410 e. The van der Waals surface area contributed by atoms with E-state index in [2.05, 4.69) is 22.1 Å². The second-order valence-corrected chi connectivity index (χ2v) is 5.91. The van der Waals surface area contributed by atoms with Crippen LogP contribution in [0.4, 0.5) is 0 Å². The number of amides is 1. The maximum Gasteiger partial charge on any atom is 0.277 e. The minimum Gasteiger partial charge on any atom is -0.410 e. The highest BCUT2D eigenvalue weighted by atomic mass is 32.2. The number of ether oxygens (including phenoxy) is 1. The molecule has 1 aliphatic rings. The Morgan fingerprint density at radius 1 is 1.55 bits per heavy atom. The van der Waals surface area contributed by atoms with E-state index in [0.29, 0.717) is 36.6 Å². The van der Waals surface area contributed by atoms with E-state index in [0.717, 1.165) is 12.1 Å². The molecule has 1 N–H and O–H groups in total. The van der Waals surface area contributed by atoms with Gasteiger partial charge in [0, 0.05) is 19.3 Å². The van der Waals surface area contributed by atoms with Gasteiger partial charge in [-0.3, -0.25) is 4.79 Å². The van der Waals surface area contributed by atoms with Crippen molar-refractivity contribution >= 4 is 17.7 Å². The second kappa shape index (κ2) is 6.97. The molecule has 7 nitrogen and oxygen atoms in total. The lowest BCUT2D eigenvalue weighted by molar-refractivity contribution is -0.135. The Labute approximate surface area is 132 Å². The Morgan fingerprint density at radius 2 is 2.45 bits per heavy atom. The Morgan fingerprint density at radius 3 is 3.23 bits per heavy atom. The van der Waals surface area contributed by atoms with Crippen LogP contribution in [0.5, 0.6) is 0 Å². The van der Waals surface area contributed by atoms with E-state index in [9.17, 15) is 4.79 Å². The molecule has 0 aliphatic carbocycles. The molecule has 1 fully saturated rings. The molecule has 2 aromatic heterocycles. The molecular formula is C14H18N4O3S. The third-order valence-corrected chi connectivity index (χ3v) is 4.30. The molecule has 1 atom stereocenters. The van der Waals surface area contributed by atoms with Crippen LogP contribution < -0.4 is 0 Å². The van der Waals surface area contributed by atoms with Gasteiger partial charge >= 0.3 is 0 Å². The average Bonchev–Trinajstić information content (AvgIpc) is 3.23. The van der Waals surface area contributed by atoms with Gasteiger partial charge in [0.05, 0.1) is 18.5 Å². The van der Waals surface area contributed by atoms with Gasteiger partial charge in [0.25, 0.3) is 11.1 Å². The van der Waals surface area contributed by atoms with Crippen molar-refractivity contribution in [3.05, 3.63) is 18.3 Å². The molecule has 1 saturated heterocycles. The Kier molecular flexibility index (Phi) is 4.79. The number of carbonyl (C=O) groups excluding carboxylic acids is 1. The summed E-state index contributed by atoms with van der Waals surface area (Å²) in [4.78, 5) is 17.1. The third kappa shape index (κ3) is 3.50. The maximum atomic E-state index is 12.2. The molecule has 3 rings (SSSR count). The molecule has 0 aromatic carbocycles. The van der Waals surface area contributed by atoms with Gasteiger partial charge in [0.1, 0.15) is 5.69 Å². The van der Waals surface area contributed by atoms with Gasteiger partial charge in [0.2, 0.25) is 5.91 Å². The fourth-order valence-corrected chi connectivity index (χ4v) is 2.91. The highest BCUT2D eigenvalue weighted by molar-refractivity contribution is 7.99. The van der Waals surface area contributed by atoms with E-state index in [1.54, 1.807) is 6.20 Å². The van der Waals surface area contributed by atoms with Crippen molar-refractivity contribution in [3.63, 3.8) is 0 Å². The Balaban J connectivity index is 1.53. The molecule has 0 spiro atoms. The molecule has 0 unspecified atom stereocenters. The predicted octanol–water partition coefficient (Wildman–Crippen LogP) is 1.79. The first kappa shape index (κ1) is 15.1. The monoisotopic (exact) mass is 322 g/mol. The van der Waals surface area contributed by atoms with Crippen LogP contribution in [0.3, 0.4) is 0 Å². The summed E-state index contributed by atoms with van der Waals surface area (Å²) < 4.78 is 11.1. The maximum absolute atomic E-state index is 12.2. The van der Waals surface area contributed by atoms with Crippen LogP contribution in [-0.4, -0.2) is 57.5 Å². The normalized spacial score (nSPS) is 18.6. The first-order valence-electron chi connectivity index (χ1n) is 7.25. The smallest absolute Gasteiger partial charge is 0.277 e. The number of nitrogens with one attached hydrogen (secondary N) is 1. The fourth-order valence-electron chi connectivity index (χ4n) is 2.25. The van der Waals surface area contributed by atoms with Gasteiger partial charge in [-0.15, -0.1) is 10.2 Å². The summed E-state index contributed by atoms with van der Waals surface area (Å²) in [6.45, 7) is 3.97. The van der Waals surface area contributed by atoms with Crippen molar-refractivity contribution in [3.8, 4) is 11.6 Å². The number of hydrogen-bond donors (Lipinski definition) is 1. The van der Waals surface area contributed by atoms with Gasteiger partial charge in [-0.2, -0.15) is 0 Å². The number of hydrogen-bond acceptors (Lipinski definition) is 6. The number of aromatic nitrogens is 3. The number of morpholine rings is 1. The summed E-state index contributed by atoms with van der Waals surface area (Å²) in [5.74, 6) is 0.798. The van der Waals surface area contributed by atoms with Gasteiger partial charge in [-0.25, -0.2) is 0 Å². The minimum absolute atomic E-state index is 0.0753. The van der Waals surface area contributed by atoms with Gasteiger partial charge in [0.15, 0.2) is 0 Å². The van der Waals surface area contributed by atoms with Crippen molar-refractivity contribution < 1.29 is 13.9 Å². The van der Waals surface area contributed by atoms with Crippen molar-refractivity contribution in [2.24, 2.45) is 0 Å². The number of nitrogens with zero attached hydrogens (tertiary/aromatic N) is 3. The van der Waals surface area contributed by atoms with Gasteiger partial charge < -0.3 is 19.0 Å². The molecule has 22 heavy (non-hydrogen) atoms.